The fraction of sp³-hybridized carbons (Fsp3) is 0.261. The van der Waals surface area contributed by atoms with Crippen LogP contribution in [0.4, 0.5) is 11.4 Å². The van der Waals surface area contributed by atoms with Gasteiger partial charge in [0.05, 0.1) is 17.8 Å². The summed E-state index contributed by atoms with van der Waals surface area (Å²) in [5, 5.41) is 6.93. The molecule has 30 heavy (non-hydrogen) atoms. The lowest BCUT2D eigenvalue weighted by atomic mass is 9.98. The number of carbonyl (C=O) groups is 1. The van der Waals surface area contributed by atoms with E-state index >= 15 is 0 Å². The number of rotatable bonds is 5. The number of amides is 1. The van der Waals surface area contributed by atoms with Gasteiger partial charge in [-0.1, -0.05) is 6.07 Å². The summed E-state index contributed by atoms with van der Waals surface area (Å²) in [4.78, 5) is 18.1. The average molecular weight is 420 g/mol. The third-order valence-electron chi connectivity index (χ3n) is 5.24. The van der Waals surface area contributed by atoms with Crippen LogP contribution in [0.25, 0.3) is 0 Å². The van der Waals surface area contributed by atoms with E-state index in [9.17, 15) is 4.79 Å². The molecule has 154 valence electrons. The van der Waals surface area contributed by atoms with Gasteiger partial charge in [0.25, 0.3) is 0 Å². The van der Waals surface area contributed by atoms with Crippen molar-refractivity contribution in [2.24, 2.45) is 0 Å². The van der Waals surface area contributed by atoms with Gasteiger partial charge in [0.1, 0.15) is 0 Å². The summed E-state index contributed by atoms with van der Waals surface area (Å²) in [7, 11) is 0. The SMILES string of the molecule is CC(=O)Nc1ccc(N2C(=S)N[C@H](c3ccccn3)[C@@H]2c2ccn(C(C)C)c2)cc1. The molecule has 2 atom stereocenters. The van der Waals surface area contributed by atoms with Crippen molar-refractivity contribution in [1.29, 1.82) is 0 Å². The first-order chi connectivity index (χ1) is 14.4. The molecule has 2 N–H and O–H groups in total. The standard InChI is InChI=1S/C23H25N5OS/c1-15(2)27-13-11-17(14-27)22-21(20-6-4-5-12-24-20)26-23(30)28(22)19-9-7-18(8-10-19)25-16(3)29/h4-15,21-22H,1-3H3,(H,25,29)(H,26,30)/t21-,22+/m1/s1. The van der Waals surface area contributed by atoms with E-state index in [-0.39, 0.29) is 18.0 Å². The van der Waals surface area contributed by atoms with Crippen LogP contribution < -0.4 is 15.5 Å². The maximum atomic E-state index is 11.3. The lowest BCUT2D eigenvalue weighted by molar-refractivity contribution is -0.114. The minimum Gasteiger partial charge on any atom is -0.351 e. The second-order valence-electron chi connectivity index (χ2n) is 7.71. The topological polar surface area (TPSA) is 62.2 Å². The summed E-state index contributed by atoms with van der Waals surface area (Å²) < 4.78 is 2.20. The minimum atomic E-state index is -0.0933. The number of carbonyl (C=O) groups excluding carboxylic acids is 1. The zero-order valence-corrected chi connectivity index (χ0v) is 18.1. The fourth-order valence-electron chi connectivity index (χ4n) is 3.81. The molecule has 0 bridgehead atoms. The molecule has 1 aliphatic heterocycles. The number of pyridine rings is 1. The van der Waals surface area contributed by atoms with Crippen molar-refractivity contribution in [3.8, 4) is 0 Å². The number of benzene rings is 1. The normalized spacial score (nSPS) is 18.5. The Morgan fingerprint density at radius 3 is 2.53 bits per heavy atom. The molecule has 1 aromatic carbocycles. The van der Waals surface area contributed by atoms with Crippen LogP contribution in [0, 0.1) is 0 Å². The third kappa shape index (κ3) is 3.93. The van der Waals surface area contributed by atoms with E-state index in [2.05, 4.69) is 57.4 Å². The molecule has 0 unspecified atom stereocenters. The number of hydrogen-bond donors (Lipinski definition) is 2. The maximum absolute atomic E-state index is 11.3. The van der Waals surface area contributed by atoms with Crippen LogP contribution in [0.1, 0.15) is 50.2 Å². The number of nitrogens with zero attached hydrogens (tertiary/aromatic N) is 3. The van der Waals surface area contributed by atoms with Crippen LogP contribution in [0.3, 0.4) is 0 Å². The van der Waals surface area contributed by atoms with Crippen molar-refractivity contribution in [2.75, 3.05) is 10.2 Å². The van der Waals surface area contributed by atoms with E-state index in [4.69, 9.17) is 12.2 Å². The quantitative estimate of drug-likeness (QED) is 0.592. The first kappa shape index (κ1) is 20.1. The summed E-state index contributed by atoms with van der Waals surface area (Å²) in [6.45, 7) is 5.83. The monoisotopic (exact) mass is 419 g/mol. The Morgan fingerprint density at radius 1 is 1.17 bits per heavy atom. The second-order valence-corrected chi connectivity index (χ2v) is 8.10. The van der Waals surface area contributed by atoms with Crippen LogP contribution in [0.5, 0.6) is 0 Å². The zero-order valence-electron chi connectivity index (χ0n) is 17.2. The molecule has 0 aliphatic carbocycles. The Hall–Kier alpha value is -3.19. The average Bonchev–Trinajstić information content (AvgIpc) is 3.34. The highest BCUT2D eigenvalue weighted by atomic mass is 32.1. The lowest BCUT2D eigenvalue weighted by Gasteiger charge is -2.27. The summed E-state index contributed by atoms with van der Waals surface area (Å²) in [6, 6.07) is 16.1. The summed E-state index contributed by atoms with van der Waals surface area (Å²) in [5.74, 6) is -0.0933. The highest BCUT2D eigenvalue weighted by Gasteiger charge is 2.41. The number of aromatic nitrogens is 2. The van der Waals surface area contributed by atoms with Gasteiger partial charge < -0.3 is 20.1 Å². The largest absolute Gasteiger partial charge is 0.351 e. The van der Waals surface area contributed by atoms with E-state index in [0.717, 1.165) is 22.6 Å². The van der Waals surface area contributed by atoms with Gasteiger partial charge in [-0.2, -0.15) is 0 Å². The van der Waals surface area contributed by atoms with Crippen molar-refractivity contribution in [3.05, 3.63) is 78.4 Å². The van der Waals surface area contributed by atoms with E-state index in [1.165, 1.54) is 6.92 Å². The molecule has 0 saturated carbocycles. The van der Waals surface area contributed by atoms with Crippen LogP contribution in [-0.4, -0.2) is 20.6 Å². The van der Waals surface area contributed by atoms with Crippen molar-refractivity contribution < 1.29 is 4.79 Å². The predicted molar refractivity (Wildman–Crippen MR) is 123 cm³/mol. The maximum Gasteiger partial charge on any atom is 0.221 e. The minimum absolute atomic E-state index is 0.0426. The molecule has 3 aromatic rings. The Kier molecular flexibility index (Phi) is 5.55. The van der Waals surface area contributed by atoms with E-state index in [1.54, 1.807) is 6.20 Å². The summed E-state index contributed by atoms with van der Waals surface area (Å²) in [6.07, 6.45) is 6.09. The molecule has 1 fully saturated rings. The Bertz CT molecular complexity index is 1040. The highest BCUT2D eigenvalue weighted by Crippen LogP contribution is 2.41. The molecule has 0 radical (unpaired) electrons. The molecule has 7 heteroatoms. The van der Waals surface area contributed by atoms with Crippen LogP contribution in [-0.2, 0) is 4.79 Å². The van der Waals surface area contributed by atoms with Gasteiger partial charge in [-0.05, 0) is 74.1 Å². The van der Waals surface area contributed by atoms with Crippen molar-refractivity contribution >= 4 is 34.6 Å². The van der Waals surface area contributed by atoms with Gasteiger partial charge in [0, 0.05) is 42.9 Å². The van der Waals surface area contributed by atoms with Gasteiger partial charge in [0.2, 0.25) is 5.91 Å². The molecule has 2 aromatic heterocycles. The summed E-state index contributed by atoms with van der Waals surface area (Å²) in [5.41, 5.74) is 3.83. The number of anilines is 2. The van der Waals surface area contributed by atoms with Gasteiger partial charge in [-0.3, -0.25) is 9.78 Å². The Morgan fingerprint density at radius 2 is 1.93 bits per heavy atom. The van der Waals surface area contributed by atoms with Crippen LogP contribution in [0.15, 0.2) is 67.1 Å². The molecule has 1 saturated heterocycles. The molecule has 3 heterocycles. The number of thiocarbonyl (C=S) groups is 1. The van der Waals surface area contributed by atoms with Gasteiger partial charge >= 0.3 is 0 Å². The Balaban J connectivity index is 1.75. The lowest BCUT2D eigenvalue weighted by Crippen LogP contribution is -2.29. The zero-order chi connectivity index (χ0) is 21.3. The van der Waals surface area contributed by atoms with Crippen molar-refractivity contribution in [1.82, 2.24) is 14.9 Å². The molecule has 1 amide bonds. The molecule has 6 nitrogen and oxygen atoms in total. The fourth-order valence-corrected chi connectivity index (χ4v) is 4.15. The second kappa shape index (κ2) is 8.28. The smallest absolute Gasteiger partial charge is 0.221 e. The van der Waals surface area contributed by atoms with Crippen molar-refractivity contribution in [2.45, 2.75) is 38.9 Å². The van der Waals surface area contributed by atoms with Crippen LogP contribution in [0.2, 0.25) is 0 Å². The van der Waals surface area contributed by atoms with Gasteiger partial charge in [-0.15, -0.1) is 0 Å². The highest BCUT2D eigenvalue weighted by molar-refractivity contribution is 7.80. The van der Waals surface area contributed by atoms with E-state index in [0.29, 0.717) is 11.2 Å². The number of nitrogens with one attached hydrogen (secondary N) is 2. The molecule has 1 aliphatic rings. The molecule has 4 rings (SSSR count). The molecular weight excluding hydrogens is 394 g/mol. The van der Waals surface area contributed by atoms with Crippen LogP contribution >= 0.6 is 12.2 Å². The van der Waals surface area contributed by atoms with Crippen molar-refractivity contribution in [3.63, 3.8) is 0 Å². The third-order valence-corrected chi connectivity index (χ3v) is 5.55. The van der Waals surface area contributed by atoms with Gasteiger partial charge in [0.15, 0.2) is 5.11 Å². The van der Waals surface area contributed by atoms with Gasteiger partial charge in [-0.25, -0.2) is 0 Å². The number of hydrogen-bond acceptors (Lipinski definition) is 3. The first-order valence-corrected chi connectivity index (χ1v) is 10.4. The first-order valence-electron chi connectivity index (χ1n) is 9.99. The summed E-state index contributed by atoms with van der Waals surface area (Å²) >= 11 is 5.75. The van der Waals surface area contributed by atoms with E-state index in [1.807, 2.05) is 42.5 Å². The van der Waals surface area contributed by atoms with E-state index < -0.39 is 0 Å². The Labute approximate surface area is 181 Å². The molecule has 0 spiro atoms. The predicted octanol–water partition coefficient (Wildman–Crippen LogP) is 4.60. The molecular formula is C23H25N5OS.